The zero-order chi connectivity index (χ0) is 98.1. The molecule has 8 aliphatic carbocycles. The van der Waals surface area contributed by atoms with E-state index in [4.69, 9.17) is 44.6 Å². The molecule has 21 rings (SSSR count). The van der Waals surface area contributed by atoms with Crippen LogP contribution in [-0.4, -0.2) is 191 Å². The quantitative estimate of drug-likeness (QED) is 0.0278. The fourth-order valence-electron chi connectivity index (χ4n) is 21.8. The molecule has 7 amide bonds. The van der Waals surface area contributed by atoms with Crippen molar-refractivity contribution < 1.29 is 88.6 Å². The van der Waals surface area contributed by atoms with Gasteiger partial charge in [-0.1, -0.05) is 135 Å². The van der Waals surface area contributed by atoms with Crippen LogP contribution < -0.4 is 30.0 Å². The number of nitrogens with zero attached hydrogens (tertiary/aromatic N) is 9. The number of fused-ring (bicyclic) bond motifs is 8. The molecule has 16 atom stereocenters. The first-order valence-corrected chi connectivity index (χ1v) is 54.8. The summed E-state index contributed by atoms with van der Waals surface area (Å²) in [6.07, 6.45) is 21.9. The van der Waals surface area contributed by atoms with Gasteiger partial charge in [0.25, 0.3) is 23.8 Å². The fraction of sp³-hybridized carbons (Fsp3) is 0.562. The van der Waals surface area contributed by atoms with E-state index in [0.29, 0.717) is 105 Å². The van der Waals surface area contributed by atoms with Crippen LogP contribution >= 0.6 is 22.7 Å². The van der Waals surface area contributed by atoms with Crippen LogP contribution in [0.4, 0.5) is 9.59 Å². The van der Waals surface area contributed by atoms with Crippen LogP contribution in [0.5, 0.6) is 12.0 Å². The highest BCUT2D eigenvalue weighted by Crippen LogP contribution is 2.60. The van der Waals surface area contributed by atoms with Crippen LogP contribution in [0.1, 0.15) is 263 Å². The molecule has 13 aliphatic rings. The fourth-order valence-corrected chi connectivity index (χ4v) is 26.2. The minimum Gasteiger partial charge on any atom is -0.459 e. The van der Waals surface area contributed by atoms with Gasteiger partial charge >= 0.3 is 12.2 Å². The third kappa shape index (κ3) is 21.6. The summed E-state index contributed by atoms with van der Waals surface area (Å²) in [7, 11) is -7.88. The number of carbonyl (C=O) groups is 10. The number of hydrogen-bond donors (Lipinski definition) is 4. The lowest BCUT2D eigenvalue weighted by Gasteiger charge is -2.29. The number of benzene rings is 4. The van der Waals surface area contributed by atoms with Gasteiger partial charge in [0, 0.05) is 85.3 Å². The molecule has 36 heteroatoms. The number of nitrogens with one attached hydrogen (secondary N) is 3. The molecular weight excluding hydrogens is 1880 g/mol. The molecule has 141 heavy (non-hydrogen) atoms. The molecule has 9 heterocycles. The van der Waals surface area contributed by atoms with Crippen molar-refractivity contribution in [2.75, 3.05) is 13.1 Å². The molecule has 0 spiro atoms. The molecule has 3 saturated heterocycles. The number of hydrogen-bond acceptors (Lipinski definition) is 26. The lowest BCUT2D eigenvalue weighted by molar-refractivity contribution is -0.178. The Balaban J connectivity index is 0.000000159. The van der Waals surface area contributed by atoms with Crippen LogP contribution in [0.3, 0.4) is 0 Å². The number of para-hydroxylation sites is 2. The Morgan fingerprint density at radius 3 is 1.38 bits per heavy atom. The van der Waals surface area contributed by atoms with Crippen LogP contribution in [0.2, 0.25) is 0 Å². The average Bonchev–Trinajstić information content (AvgIpc) is 1.56. The second-order valence-corrected chi connectivity index (χ2v) is 48.3. The first-order chi connectivity index (χ1) is 67.1. The number of alkyl carbamates (subject to hydrolysis) is 1. The van der Waals surface area contributed by atoms with Crippen molar-refractivity contribution >= 4 is 124 Å². The SMILES string of the molecule is C.CC(C)n1c(O[C@@H]2C[C@H]3C(=O)C[C@]4(C(=O)NS(=O)(=O)C5(C)CC5)C[C@H]4/C=C\CCCCC[C@H](N)C(=O)N3C2)nc2c(-c3nc(Cc4ccccc4)cs3)cccc21.CC(C)n1c(O[C@@H]2C[C@H]3C(=O)C[C@]4(C(=O)NS(=O)(=O)C5(C)CC5)C[C@H]4/C=C\CCCCC[C@H](NC(=O)OC4C[C@@H]5C[C@@H]5C4)C(=O)N3C2)nc2c(-c3nc(Cc4ccccc4)cs3)cccc21.O=C(OC1C[C@@H]2C[C@@H]2C1)ON1C(=O)CCC1=O. The van der Waals surface area contributed by atoms with Gasteiger partial charge in [0.05, 0.1) is 74.0 Å². The molecule has 11 fully saturated rings. The van der Waals surface area contributed by atoms with E-state index in [9.17, 15) is 64.8 Å². The Morgan fingerprint density at radius 1 is 0.511 bits per heavy atom. The van der Waals surface area contributed by atoms with E-state index >= 15 is 0 Å². The van der Waals surface area contributed by atoms with Gasteiger partial charge in [-0.3, -0.25) is 61.8 Å². The van der Waals surface area contributed by atoms with Crippen molar-refractivity contribution in [1.29, 1.82) is 0 Å². The largest absolute Gasteiger partial charge is 0.534 e. The number of allylic oxidation sites excluding steroid dienone is 4. The summed E-state index contributed by atoms with van der Waals surface area (Å²) in [5, 5.41) is 9.26. The van der Waals surface area contributed by atoms with Crippen molar-refractivity contribution in [2.24, 2.45) is 52.1 Å². The Bertz CT molecular complexity index is 6390. The standard InChI is InChI=1S/C50H60N6O8S2.C43H52N6O6S2.C11H13NO5.CH4/c1-30(2)56-40-18-12-16-38(44-51-35(29-65-44)21-31-13-8-7-9-14-31)43(40)53-47(56)63-37-25-41-42(57)27-50(46(59)54-66(61,62)49(3)19-20-49)26-34(50)15-10-5-4-6-11-17-39(45(58)55(41)28-37)52-48(60)64-36-23-32-22-33(32)24-36;1-27(2)49-34-18-12-16-32(38-45-30(26-56-38)21-28-13-8-7-9-14-28)37(34)46-41(49)55-31-22-35-36(50)24-43(40(52)47-57(53,54)42(3)19-20-42)23-29(43)15-10-5-4-6-11-17-33(44)39(51)48(35)25-31;13-9-1-2-10(14)12(9)17-11(15)16-8-4-6-3-7(6)5-8;/h7-10,12-16,18,29-30,32-34,36-37,39,41H,4-6,11,17,19-28H2,1-3H3,(H,52,60)(H,54,59);7-10,12-16,18,26-27,29,31,33,35H,4-6,11,17,19-25,44H2,1-3H3,(H,47,52);6-8H,1-5H2;1H4/b2*15-10-;;/t32-,33+,34-,36?,37-,39+,41+,50-;29-,31-,33+,35+,43-;6-,7+,8?;/m11../s1. The van der Waals surface area contributed by atoms with E-state index < -0.39 is 119 Å². The normalized spacial score (nSPS) is 29.1. The Hall–Kier alpha value is -11.1. The maximum atomic E-state index is 14.9. The number of carbonyl (C=O) groups excluding carboxylic acids is 10. The molecule has 0 radical (unpaired) electrons. The van der Waals surface area contributed by atoms with E-state index in [-0.39, 0.29) is 113 Å². The Kier molecular flexibility index (Phi) is 28.8. The van der Waals surface area contributed by atoms with E-state index in [1.165, 1.54) is 33.8 Å². The van der Waals surface area contributed by atoms with Gasteiger partial charge in [-0.2, -0.15) is 9.97 Å². The second kappa shape index (κ2) is 40.6. The van der Waals surface area contributed by atoms with Gasteiger partial charge in [0.1, 0.15) is 51.5 Å². The number of aromatic nitrogens is 6. The minimum absolute atomic E-state index is 0. The predicted molar refractivity (Wildman–Crippen MR) is 530 cm³/mol. The Morgan fingerprint density at radius 2 is 0.943 bits per heavy atom. The molecule has 0 bridgehead atoms. The van der Waals surface area contributed by atoms with Crippen LogP contribution in [-0.2, 0) is 85.6 Å². The maximum absolute atomic E-state index is 14.9. The zero-order valence-electron chi connectivity index (χ0n) is 80.1. The van der Waals surface area contributed by atoms with Crippen LogP contribution in [0.25, 0.3) is 43.2 Å². The number of imide groups is 1. The summed E-state index contributed by atoms with van der Waals surface area (Å²) >= 11 is 3.13. The number of hydroxylamine groups is 2. The molecule has 2 unspecified atom stereocenters. The average molecular weight is 2010 g/mol. The second-order valence-electron chi connectivity index (χ2n) is 42.2. The molecule has 8 aromatic rings. The van der Waals surface area contributed by atoms with E-state index in [2.05, 4.69) is 68.5 Å². The third-order valence-corrected chi connectivity index (χ3v) is 37.3. The maximum Gasteiger partial charge on any atom is 0.534 e. The highest BCUT2D eigenvalue weighted by molar-refractivity contribution is 7.92. The number of nitrogens with two attached hydrogens (primary N) is 1. The van der Waals surface area contributed by atoms with Gasteiger partial charge in [-0.05, 0) is 228 Å². The lowest BCUT2D eigenvalue weighted by atomic mass is 9.91. The van der Waals surface area contributed by atoms with E-state index in [1.807, 2.05) is 120 Å². The van der Waals surface area contributed by atoms with Crippen molar-refractivity contribution in [3.63, 3.8) is 0 Å². The van der Waals surface area contributed by atoms with Crippen molar-refractivity contribution in [2.45, 2.75) is 312 Å². The zero-order valence-corrected chi connectivity index (χ0v) is 83.3. The highest BCUT2D eigenvalue weighted by atomic mass is 32.2. The summed E-state index contributed by atoms with van der Waals surface area (Å²) in [6.45, 7) is 11.6. The Labute approximate surface area is 830 Å². The number of Topliss-reactive ketones (excluding diaryl/α,β-unsaturated/α-hetero) is 2. The summed E-state index contributed by atoms with van der Waals surface area (Å²) < 4.78 is 84.3. The minimum atomic E-state index is -3.97. The molecule has 32 nitrogen and oxygen atoms in total. The van der Waals surface area contributed by atoms with Gasteiger partial charge in [0.2, 0.25) is 43.7 Å². The van der Waals surface area contributed by atoms with Crippen LogP contribution in [0, 0.1) is 46.3 Å². The number of imidazole rings is 2. The predicted octanol–water partition coefficient (Wildman–Crippen LogP) is 16.2. The number of sulfonamides is 2. The van der Waals surface area contributed by atoms with Crippen molar-refractivity contribution in [3.8, 4) is 33.2 Å². The van der Waals surface area contributed by atoms with E-state index in [0.717, 1.165) is 132 Å². The van der Waals surface area contributed by atoms with Gasteiger partial charge in [0.15, 0.2) is 11.6 Å². The van der Waals surface area contributed by atoms with Gasteiger partial charge in [-0.15, -0.1) is 22.7 Å². The van der Waals surface area contributed by atoms with Gasteiger partial charge in [-0.25, -0.2) is 36.4 Å². The molecule has 752 valence electrons. The number of amides is 7. The number of ether oxygens (including phenoxy) is 4. The summed E-state index contributed by atoms with van der Waals surface area (Å²) in [5.74, 6) is -1.67. The molecule has 4 aromatic carbocycles. The molecule has 5 N–H and O–H groups in total. The molecule has 8 saturated carbocycles. The summed E-state index contributed by atoms with van der Waals surface area (Å²) in [6, 6.07) is 29.5. The first kappa shape index (κ1) is 100. The van der Waals surface area contributed by atoms with Gasteiger partial charge < -0.3 is 39.8 Å². The summed E-state index contributed by atoms with van der Waals surface area (Å²) in [4.78, 5) is 161. The molecular formula is C105H129N13O19S4. The lowest BCUT2D eigenvalue weighted by Crippen LogP contribution is -2.52. The van der Waals surface area contributed by atoms with Crippen molar-refractivity contribution in [3.05, 3.63) is 155 Å². The monoisotopic (exact) mass is 2000 g/mol. The number of thiazole rings is 2. The van der Waals surface area contributed by atoms with Crippen molar-refractivity contribution in [1.82, 2.24) is 58.7 Å². The highest BCUT2D eigenvalue weighted by Gasteiger charge is 2.65. The molecule has 5 aliphatic heterocycles. The third-order valence-electron chi connectivity index (χ3n) is 31.1. The number of ketones is 2. The molecule has 4 aromatic heterocycles. The van der Waals surface area contributed by atoms with Crippen LogP contribution in [0.15, 0.2) is 132 Å². The number of rotatable bonds is 22. The first-order valence-electron chi connectivity index (χ1n) is 50.0. The topological polar surface area (TPSA) is 418 Å². The summed E-state index contributed by atoms with van der Waals surface area (Å²) in [5.41, 5.74) is 13.3. The smallest absolute Gasteiger partial charge is 0.459 e. The van der Waals surface area contributed by atoms with E-state index in [1.54, 1.807) is 36.5 Å².